The fourth-order valence-corrected chi connectivity index (χ4v) is 1.80. The average Bonchev–Trinajstić information content (AvgIpc) is 2.21. The van der Waals surface area contributed by atoms with E-state index in [1.54, 1.807) is 21.0 Å². The van der Waals surface area contributed by atoms with Crippen molar-refractivity contribution in [3.63, 3.8) is 0 Å². The lowest BCUT2D eigenvalue weighted by Crippen LogP contribution is -2.59. The molecule has 6 nitrogen and oxygen atoms in total. The van der Waals surface area contributed by atoms with E-state index in [1.807, 2.05) is 0 Å². The van der Waals surface area contributed by atoms with E-state index >= 15 is 0 Å². The Kier molecular flexibility index (Phi) is 4.62. The highest BCUT2D eigenvalue weighted by molar-refractivity contribution is 6.16. The van der Waals surface area contributed by atoms with E-state index in [9.17, 15) is 14.4 Å². The Bertz CT molecular complexity index is 327. The molecule has 1 aliphatic rings. The number of barbiturate groups is 1. The first-order valence-electron chi connectivity index (χ1n) is 5.64. The third-order valence-corrected chi connectivity index (χ3v) is 2.69. The van der Waals surface area contributed by atoms with Gasteiger partial charge in [-0.2, -0.15) is 0 Å². The molecule has 0 spiro atoms. The summed E-state index contributed by atoms with van der Waals surface area (Å²) in [6, 6.07) is -0.631. The van der Waals surface area contributed by atoms with Crippen molar-refractivity contribution in [1.82, 2.24) is 10.2 Å². The predicted molar refractivity (Wildman–Crippen MR) is 60.1 cm³/mol. The summed E-state index contributed by atoms with van der Waals surface area (Å²) < 4.78 is 4.86. The molecule has 0 aromatic carbocycles. The zero-order valence-corrected chi connectivity index (χ0v) is 10.4. The second-order valence-corrected chi connectivity index (χ2v) is 4.35. The van der Waals surface area contributed by atoms with Crippen LogP contribution in [-0.2, 0) is 14.3 Å². The highest BCUT2D eigenvalue weighted by atomic mass is 16.5. The fourth-order valence-electron chi connectivity index (χ4n) is 1.80. The van der Waals surface area contributed by atoms with Gasteiger partial charge in [0.15, 0.2) is 0 Å². The molecule has 17 heavy (non-hydrogen) atoms. The number of hydrogen-bond donors (Lipinski definition) is 1. The first kappa shape index (κ1) is 13.6. The Hall–Kier alpha value is -1.43. The number of nitrogens with zero attached hydrogens (tertiary/aromatic N) is 1. The number of nitrogens with one attached hydrogen (secondary N) is 1. The fraction of sp³-hybridized carbons (Fsp3) is 0.727. The number of amides is 4. The van der Waals surface area contributed by atoms with Crippen molar-refractivity contribution >= 4 is 17.8 Å². The van der Waals surface area contributed by atoms with Gasteiger partial charge in [0, 0.05) is 20.3 Å². The summed E-state index contributed by atoms with van der Waals surface area (Å²) in [6.07, 6.45) is 0.564. The van der Waals surface area contributed by atoms with E-state index in [4.69, 9.17) is 4.74 Å². The van der Waals surface area contributed by atoms with E-state index in [0.717, 1.165) is 4.90 Å². The van der Waals surface area contributed by atoms with Gasteiger partial charge in [0.1, 0.15) is 5.92 Å². The number of ether oxygens (including phenoxy) is 1. The lowest BCUT2D eigenvalue weighted by Gasteiger charge is -2.31. The van der Waals surface area contributed by atoms with Crippen molar-refractivity contribution in [2.75, 3.05) is 20.3 Å². The largest absolute Gasteiger partial charge is 0.385 e. The van der Waals surface area contributed by atoms with Gasteiger partial charge >= 0.3 is 6.03 Å². The molecule has 96 valence electrons. The van der Waals surface area contributed by atoms with Crippen molar-refractivity contribution in [3.05, 3.63) is 0 Å². The van der Waals surface area contributed by atoms with Crippen LogP contribution in [0.25, 0.3) is 0 Å². The van der Waals surface area contributed by atoms with Crippen LogP contribution in [0.15, 0.2) is 0 Å². The van der Waals surface area contributed by atoms with Crippen LogP contribution in [-0.4, -0.2) is 43.0 Å². The molecule has 0 bridgehead atoms. The predicted octanol–water partition coefficient (Wildman–Crippen LogP) is 0.373. The molecule has 1 atom stereocenters. The van der Waals surface area contributed by atoms with E-state index < -0.39 is 23.8 Å². The average molecular weight is 242 g/mol. The Morgan fingerprint density at radius 3 is 2.53 bits per heavy atom. The number of carbonyl (C=O) groups is 3. The van der Waals surface area contributed by atoms with Crippen LogP contribution in [0, 0.1) is 11.8 Å². The minimum Gasteiger partial charge on any atom is -0.385 e. The summed E-state index contributed by atoms with van der Waals surface area (Å²) in [4.78, 5) is 36.1. The number of urea groups is 1. The van der Waals surface area contributed by atoms with Crippen LogP contribution in [0.5, 0.6) is 0 Å². The van der Waals surface area contributed by atoms with Crippen LogP contribution in [0.4, 0.5) is 4.79 Å². The summed E-state index contributed by atoms with van der Waals surface area (Å²) >= 11 is 0. The quantitative estimate of drug-likeness (QED) is 0.558. The van der Waals surface area contributed by atoms with Crippen molar-refractivity contribution in [2.45, 2.75) is 20.3 Å². The van der Waals surface area contributed by atoms with Gasteiger partial charge in [-0.15, -0.1) is 0 Å². The minimum absolute atomic E-state index is 0.125. The van der Waals surface area contributed by atoms with E-state index in [-0.39, 0.29) is 12.5 Å². The monoisotopic (exact) mass is 242 g/mol. The number of hydrogen-bond acceptors (Lipinski definition) is 4. The Labute approximate surface area is 100 Å². The molecular formula is C11H18N2O4. The Morgan fingerprint density at radius 2 is 2.00 bits per heavy atom. The SMILES string of the molecule is COCCCN1C(=O)NC(=O)C(C(C)C)C1=O. The van der Waals surface area contributed by atoms with Gasteiger partial charge in [0.05, 0.1) is 0 Å². The molecule has 4 amide bonds. The van der Waals surface area contributed by atoms with E-state index in [2.05, 4.69) is 5.32 Å². The smallest absolute Gasteiger partial charge is 0.330 e. The molecule has 0 saturated carbocycles. The molecule has 1 rings (SSSR count). The molecule has 0 aromatic heterocycles. The lowest BCUT2D eigenvalue weighted by molar-refractivity contribution is -0.144. The van der Waals surface area contributed by atoms with Gasteiger partial charge in [0.25, 0.3) is 0 Å². The maximum absolute atomic E-state index is 12.0. The molecule has 0 aliphatic carbocycles. The Morgan fingerprint density at radius 1 is 1.35 bits per heavy atom. The van der Waals surface area contributed by atoms with Crippen molar-refractivity contribution in [2.24, 2.45) is 11.8 Å². The molecule has 1 heterocycles. The van der Waals surface area contributed by atoms with Crippen molar-refractivity contribution in [1.29, 1.82) is 0 Å². The van der Waals surface area contributed by atoms with Gasteiger partial charge < -0.3 is 4.74 Å². The Balaban J connectivity index is 2.72. The standard InChI is InChI=1S/C11H18N2O4/c1-7(2)8-9(14)12-11(16)13(10(8)15)5-4-6-17-3/h7-8H,4-6H2,1-3H3,(H,12,14,16). The first-order valence-corrected chi connectivity index (χ1v) is 5.64. The van der Waals surface area contributed by atoms with Crippen LogP contribution in [0.1, 0.15) is 20.3 Å². The molecule has 0 radical (unpaired) electrons. The number of imide groups is 2. The molecule has 1 saturated heterocycles. The van der Waals surface area contributed by atoms with Crippen molar-refractivity contribution in [3.8, 4) is 0 Å². The first-order chi connectivity index (χ1) is 7.99. The normalized spacial score (nSPS) is 21.1. The summed E-state index contributed by atoms with van der Waals surface area (Å²) in [5, 5.41) is 2.20. The third kappa shape index (κ3) is 3.03. The van der Waals surface area contributed by atoms with Crippen LogP contribution < -0.4 is 5.32 Å². The van der Waals surface area contributed by atoms with Gasteiger partial charge in [0.2, 0.25) is 11.8 Å². The van der Waals surface area contributed by atoms with E-state index in [0.29, 0.717) is 13.0 Å². The van der Waals surface area contributed by atoms with Gasteiger partial charge in [-0.3, -0.25) is 19.8 Å². The molecule has 1 unspecified atom stereocenters. The van der Waals surface area contributed by atoms with Crippen LogP contribution in [0.3, 0.4) is 0 Å². The van der Waals surface area contributed by atoms with Crippen LogP contribution >= 0.6 is 0 Å². The van der Waals surface area contributed by atoms with Gasteiger partial charge in [-0.05, 0) is 12.3 Å². The van der Waals surface area contributed by atoms with Crippen molar-refractivity contribution < 1.29 is 19.1 Å². The van der Waals surface area contributed by atoms with Gasteiger partial charge in [-0.1, -0.05) is 13.8 Å². The van der Waals surface area contributed by atoms with E-state index in [1.165, 1.54) is 0 Å². The summed E-state index contributed by atoms with van der Waals surface area (Å²) in [7, 11) is 1.55. The molecule has 1 N–H and O–H groups in total. The molecule has 1 aliphatic heterocycles. The number of rotatable bonds is 5. The van der Waals surface area contributed by atoms with Crippen LogP contribution in [0.2, 0.25) is 0 Å². The minimum atomic E-state index is -0.768. The highest BCUT2D eigenvalue weighted by Crippen LogP contribution is 2.18. The summed E-state index contributed by atoms with van der Waals surface area (Å²) in [5.41, 5.74) is 0. The lowest BCUT2D eigenvalue weighted by atomic mass is 9.92. The maximum atomic E-state index is 12.0. The summed E-state index contributed by atoms with van der Waals surface area (Å²) in [5.74, 6) is -1.81. The number of carbonyl (C=O) groups excluding carboxylic acids is 3. The molecular weight excluding hydrogens is 224 g/mol. The second kappa shape index (κ2) is 5.77. The topological polar surface area (TPSA) is 75.7 Å². The second-order valence-electron chi connectivity index (χ2n) is 4.35. The van der Waals surface area contributed by atoms with Gasteiger partial charge in [-0.25, -0.2) is 4.79 Å². The zero-order chi connectivity index (χ0) is 13.0. The molecule has 1 fully saturated rings. The third-order valence-electron chi connectivity index (χ3n) is 2.69. The molecule has 0 aromatic rings. The maximum Gasteiger partial charge on any atom is 0.330 e. The zero-order valence-electron chi connectivity index (χ0n) is 10.4. The number of methoxy groups -OCH3 is 1. The summed E-state index contributed by atoms with van der Waals surface area (Å²) in [6.45, 7) is 4.31. The highest BCUT2D eigenvalue weighted by Gasteiger charge is 2.41. The molecule has 6 heteroatoms.